The number of hydrogen-bond donors (Lipinski definition) is 1. The normalized spacial score (nSPS) is 30.1. The monoisotopic (exact) mass is 416 g/mol. The molecule has 1 N–H and O–H groups in total. The molecular formula is C21H40O6Si. The number of aliphatic hydroxyl groups excluding tert-OH is 1. The van der Waals surface area contributed by atoms with E-state index in [9.17, 15) is 5.11 Å². The lowest BCUT2D eigenvalue weighted by Crippen LogP contribution is -2.48. The van der Waals surface area contributed by atoms with E-state index in [4.69, 9.17) is 23.4 Å². The van der Waals surface area contributed by atoms with Crippen molar-refractivity contribution >= 4 is 8.32 Å². The van der Waals surface area contributed by atoms with Gasteiger partial charge in [0.1, 0.15) is 18.3 Å². The molecular weight excluding hydrogens is 376 g/mol. The molecule has 1 unspecified atom stereocenters. The quantitative estimate of drug-likeness (QED) is 0.477. The first kappa shape index (κ1) is 24.0. The van der Waals surface area contributed by atoms with Crippen molar-refractivity contribution in [2.24, 2.45) is 0 Å². The SMILES string of the molecule is CC1(C)O[C@H]([C@@H](CO[Si](C)(C)C(C)(C)C)OC2CCCCO2)[C@H](/C=C\CO)O1. The van der Waals surface area contributed by atoms with E-state index < -0.39 is 14.1 Å². The highest BCUT2D eigenvalue weighted by atomic mass is 28.4. The Morgan fingerprint density at radius 3 is 2.50 bits per heavy atom. The van der Waals surface area contributed by atoms with Crippen LogP contribution in [0.5, 0.6) is 0 Å². The van der Waals surface area contributed by atoms with Crippen LogP contribution in [0, 0.1) is 0 Å². The summed E-state index contributed by atoms with van der Waals surface area (Å²) < 4.78 is 30.9. The van der Waals surface area contributed by atoms with Crippen LogP contribution in [-0.2, 0) is 23.4 Å². The second-order valence-corrected chi connectivity index (χ2v) is 14.5. The number of rotatable bonds is 8. The standard InChI is InChI=1S/C21H40O6Si/c1-20(2,3)28(6,7)24-15-17(25-18-12-8-9-14-23-18)19-16(11-10-13-22)26-21(4,5)27-19/h10-11,16-19,22H,8-9,12-15H2,1-7H3/b11-10-/t16-,17+,18?,19-/m0/s1. The van der Waals surface area contributed by atoms with Gasteiger partial charge in [-0.3, -0.25) is 0 Å². The second kappa shape index (κ2) is 9.68. The summed E-state index contributed by atoms with van der Waals surface area (Å²) in [7, 11) is -1.94. The van der Waals surface area contributed by atoms with Crippen LogP contribution in [-0.4, -0.2) is 63.6 Å². The summed E-state index contributed by atoms with van der Waals surface area (Å²) in [6.07, 6.45) is 5.40. The van der Waals surface area contributed by atoms with Gasteiger partial charge in [0.25, 0.3) is 0 Å². The van der Waals surface area contributed by atoms with Gasteiger partial charge in [-0.1, -0.05) is 32.9 Å². The van der Waals surface area contributed by atoms with E-state index in [-0.39, 0.29) is 36.2 Å². The molecule has 7 heteroatoms. The molecule has 2 saturated heterocycles. The predicted molar refractivity (Wildman–Crippen MR) is 112 cm³/mol. The summed E-state index contributed by atoms with van der Waals surface area (Å²) in [6.45, 7) is 16.1. The largest absolute Gasteiger partial charge is 0.414 e. The molecule has 28 heavy (non-hydrogen) atoms. The topological polar surface area (TPSA) is 66.4 Å². The lowest BCUT2D eigenvalue weighted by Gasteiger charge is -2.39. The zero-order valence-electron chi connectivity index (χ0n) is 18.7. The third kappa shape index (κ3) is 6.62. The Morgan fingerprint density at radius 2 is 1.93 bits per heavy atom. The molecule has 0 spiro atoms. The fraction of sp³-hybridized carbons (Fsp3) is 0.905. The van der Waals surface area contributed by atoms with Crippen molar-refractivity contribution in [2.45, 2.75) is 102 Å². The molecule has 0 saturated carbocycles. The van der Waals surface area contributed by atoms with Gasteiger partial charge < -0.3 is 28.5 Å². The summed E-state index contributed by atoms with van der Waals surface area (Å²) in [5, 5.41) is 9.30. The molecule has 0 aromatic carbocycles. The van der Waals surface area contributed by atoms with Crippen LogP contribution in [0.1, 0.15) is 53.9 Å². The Morgan fingerprint density at radius 1 is 1.21 bits per heavy atom. The van der Waals surface area contributed by atoms with E-state index in [1.807, 2.05) is 19.9 Å². The van der Waals surface area contributed by atoms with Crippen molar-refractivity contribution < 1.29 is 28.5 Å². The minimum atomic E-state index is -1.94. The van der Waals surface area contributed by atoms with Gasteiger partial charge in [-0.15, -0.1) is 0 Å². The molecule has 0 radical (unpaired) electrons. The maximum atomic E-state index is 9.19. The Hall–Kier alpha value is -0.283. The zero-order chi connectivity index (χ0) is 21.0. The first-order chi connectivity index (χ1) is 13.0. The maximum absolute atomic E-state index is 9.19. The number of ether oxygens (including phenoxy) is 4. The minimum Gasteiger partial charge on any atom is -0.414 e. The van der Waals surface area contributed by atoms with E-state index in [0.29, 0.717) is 6.61 Å². The molecule has 0 aromatic rings. The zero-order valence-corrected chi connectivity index (χ0v) is 19.7. The third-order valence-corrected chi connectivity index (χ3v) is 10.3. The van der Waals surface area contributed by atoms with E-state index in [1.54, 1.807) is 6.08 Å². The van der Waals surface area contributed by atoms with Crippen molar-refractivity contribution in [1.29, 1.82) is 0 Å². The summed E-state index contributed by atoms with van der Waals surface area (Å²) >= 11 is 0. The highest BCUT2D eigenvalue weighted by molar-refractivity contribution is 6.74. The molecule has 4 atom stereocenters. The Labute approximate surface area is 171 Å². The van der Waals surface area contributed by atoms with Gasteiger partial charge >= 0.3 is 0 Å². The predicted octanol–water partition coefficient (Wildman–Crippen LogP) is 3.99. The van der Waals surface area contributed by atoms with Gasteiger partial charge in [0.15, 0.2) is 20.4 Å². The first-order valence-electron chi connectivity index (χ1n) is 10.5. The molecule has 164 valence electrons. The van der Waals surface area contributed by atoms with Crippen LogP contribution < -0.4 is 0 Å². The molecule has 0 bridgehead atoms. The van der Waals surface area contributed by atoms with Crippen LogP contribution in [0.2, 0.25) is 18.1 Å². The molecule has 0 aliphatic carbocycles. The molecule has 2 rings (SSSR count). The van der Waals surface area contributed by atoms with E-state index in [0.717, 1.165) is 25.9 Å². The van der Waals surface area contributed by atoms with Crippen molar-refractivity contribution in [3.8, 4) is 0 Å². The van der Waals surface area contributed by atoms with Crippen LogP contribution >= 0.6 is 0 Å². The molecule has 2 aliphatic rings. The summed E-state index contributed by atoms with van der Waals surface area (Å²) in [4.78, 5) is 0. The summed E-state index contributed by atoms with van der Waals surface area (Å²) in [5.74, 6) is -0.721. The van der Waals surface area contributed by atoms with Gasteiger partial charge in [0, 0.05) is 6.61 Å². The summed E-state index contributed by atoms with van der Waals surface area (Å²) in [5.41, 5.74) is 0. The van der Waals surface area contributed by atoms with Gasteiger partial charge in [0.2, 0.25) is 0 Å². The van der Waals surface area contributed by atoms with Gasteiger partial charge in [-0.2, -0.15) is 0 Å². The van der Waals surface area contributed by atoms with Crippen molar-refractivity contribution in [3.63, 3.8) is 0 Å². The van der Waals surface area contributed by atoms with Gasteiger partial charge in [-0.25, -0.2) is 0 Å². The fourth-order valence-corrected chi connectivity index (χ4v) is 4.19. The smallest absolute Gasteiger partial charge is 0.192 e. The van der Waals surface area contributed by atoms with E-state index >= 15 is 0 Å². The average molecular weight is 417 g/mol. The average Bonchev–Trinajstić information content (AvgIpc) is 2.91. The van der Waals surface area contributed by atoms with Crippen LogP contribution in [0.15, 0.2) is 12.2 Å². The Bertz CT molecular complexity index is 508. The highest BCUT2D eigenvalue weighted by Crippen LogP contribution is 2.38. The molecule has 2 fully saturated rings. The number of hydrogen-bond acceptors (Lipinski definition) is 6. The second-order valence-electron chi connectivity index (χ2n) is 9.72. The van der Waals surface area contributed by atoms with Crippen molar-refractivity contribution in [2.75, 3.05) is 19.8 Å². The van der Waals surface area contributed by atoms with Crippen LogP contribution in [0.3, 0.4) is 0 Å². The van der Waals surface area contributed by atoms with E-state index in [2.05, 4.69) is 33.9 Å². The molecule has 0 aromatic heterocycles. The molecule has 0 amide bonds. The van der Waals surface area contributed by atoms with Crippen LogP contribution in [0.25, 0.3) is 0 Å². The lowest BCUT2D eigenvalue weighted by atomic mass is 10.1. The lowest BCUT2D eigenvalue weighted by molar-refractivity contribution is -0.224. The Kier molecular flexibility index (Phi) is 8.30. The van der Waals surface area contributed by atoms with E-state index in [1.165, 1.54) is 0 Å². The summed E-state index contributed by atoms with van der Waals surface area (Å²) in [6, 6.07) is 0. The maximum Gasteiger partial charge on any atom is 0.192 e. The van der Waals surface area contributed by atoms with Crippen LogP contribution in [0.4, 0.5) is 0 Å². The van der Waals surface area contributed by atoms with Crippen molar-refractivity contribution in [1.82, 2.24) is 0 Å². The fourth-order valence-electron chi connectivity index (χ4n) is 3.18. The molecule has 2 heterocycles. The first-order valence-corrected chi connectivity index (χ1v) is 13.4. The third-order valence-electron chi connectivity index (χ3n) is 5.84. The Balaban J connectivity index is 2.17. The minimum absolute atomic E-state index is 0.0370. The van der Waals surface area contributed by atoms with Crippen molar-refractivity contribution in [3.05, 3.63) is 12.2 Å². The molecule has 6 nitrogen and oxygen atoms in total. The number of aliphatic hydroxyl groups is 1. The highest BCUT2D eigenvalue weighted by Gasteiger charge is 2.46. The van der Waals surface area contributed by atoms with Gasteiger partial charge in [0.05, 0.1) is 13.2 Å². The molecule has 2 aliphatic heterocycles. The van der Waals surface area contributed by atoms with Gasteiger partial charge in [-0.05, 0) is 51.2 Å².